The largest absolute Gasteiger partial charge is 0.328 e. The Kier molecular flexibility index (Phi) is 4.75. The van der Waals surface area contributed by atoms with Crippen LogP contribution < -0.4 is 10.6 Å². The molecule has 1 saturated heterocycles. The van der Waals surface area contributed by atoms with E-state index in [1.165, 1.54) is 40.5 Å². The molecule has 4 rings (SSSR count). The average Bonchev–Trinajstić information content (AvgIpc) is 3.09. The molecule has 2 aromatic carbocycles. The van der Waals surface area contributed by atoms with Crippen molar-refractivity contribution in [2.24, 2.45) is 14.1 Å². The molecule has 0 atom stereocenters. The number of aryl methyl sites for hydroxylation is 2. The van der Waals surface area contributed by atoms with Crippen LogP contribution in [0.25, 0.3) is 17.1 Å². The fourth-order valence-corrected chi connectivity index (χ4v) is 4.29. The lowest BCUT2D eigenvalue weighted by molar-refractivity contribution is -0.385. The topological polar surface area (TPSA) is 107 Å². The van der Waals surface area contributed by atoms with Gasteiger partial charge in [0.25, 0.3) is 16.8 Å². The zero-order chi connectivity index (χ0) is 21.7. The molecule has 2 heterocycles. The minimum Gasteiger partial charge on any atom is -0.295 e. The summed E-state index contributed by atoms with van der Waals surface area (Å²) in [6.45, 7) is 0. The highest BCUT2D eigenvalue weighted by Crippen LogP contribution is 2.38. The van der Waals surface area contributed by atoms with E-state index in [4.69, 9.17) is 11.6 Å². The van der Waals surface area contributed by atoms with E-state index in [1.54, 1.807) is 25.2 Å². The number of amides is 2. The molecule has 30 heavy (non-hydrogen) atoms. The number of anilines is 1. The number of imidazole rings is 1. The molecule has 1 aliphatic rings. The first-order valence-corrected chi connectivity index (χ1v) is 9.76. The number of rotatable bonds is 3. The lowest BCUT2D eigenvalue weighted by atomic mass is 10.1. The second kappa shape index (κ2) is 7.15. The molecule has 0 saturated carbocycles. The molecule has 152 valence electrons. The number of aromatic nitrogens is 2. The average molecular weight is 445 g/mol. The summed E-state index contributed by atoms with van der Waals surface area (Å²) in [4.78, 5) is 49.5. The van der Waals surface area contributed by atoms with Crippen molar-refractivity contribution < 1.29 is 14.5 Å². The fourth-order valence-electron chi connectivity index (χ4n) is 3.27. The summed E-state index contributed by atoms with van der Waals surface area (Å²) in [6.07, 6.45) is 1.30. The molecule has 0 unspecified atom stereocenters. The number of nitro benzene ring substituents is 1. The smallest absolute Gasteiger partial charge is 0.295 e. The number of nitro groups is 1. The molecule has 1 aromatic heterocycles. The molecule has 0 spiro atoms. The van der Waals surface area contributed by atoms with Gasteiger partial charge >= 0.3 is 5.69 Å². The van der Waals surface area contributed by atoms with Crippen molar-refractivity contribution in [3.8, 4) is 0 Å². The summed E-state index contributed by atoms with van der Waals surface area (Å²) in [5, 5.41) is 11.4. The van der Waals surface area contributed by atoms with Gasteiger partial charge in [0.2, 0.25) is 0 Å². The first-order valence-electron chi connectivity index (χ1n) is 8.56. The third-order valence-corrected chi connectivity index (χ3v) is 5.87. The number of hydrogen-bond acceptors (Lipinski definition) is 6. The van der Waals surface area contributed by atoms with E-state index in [9.17, 15) is 24.5 Å². The lowest BCUT2D eigenvalue weighted by Crippen LogP contribution is -2.27. The first kappa shape index (κ1) is 19.9. The quantitative estimate of drug-likeness (QED) is 0.346. The number of nitrogens with zero attached hydrogens (tertiary/aromatic N) is 4. The number of hydrogen-bond donors (Lipinski definition) is 0. The summed E-state index contributed by atoms with van der Waals surface area (Å²) in [6, 6.07) is 9.02. The van der Waals surface area contributed by atoms with E-state index in [0.717, 1.165) is 4.90 Å². The number of fused-ring (bicyclic) bond motifs is 1. The summed E-state index contributed by atoms with van der Waals surface area (Å²) < 4.78 is 2.66. The highest BCUT2D eigenvalue weighted by Gasteiger charge is 2.37. The lowest BCUT2D eigenvalue weighted by Gasteiger charge is -2.12. The molecule has 1 fully saturated rings. The van der Waals surface area contributed by atoms with Crippen LogP contribution in [0.4, 0.5) is 16.2 Å². The molecule has 9 nitrogen and oxygen atoms in total. The van der Waals surface area contributed by atoms with Crippen LogP contribution in [0.3, 0.4) is 0 Å². The maximum absolute atomic E-state index is 12.8. The predicted octanol–water partition coefficient (Wildman–Crippen LogP) is 3.68. The number of carbonyl (C=O) groups is 2. The van der Waals surface area contributed by atoms with Crippen LogP contribution >= 0.6 is 23.4 Å². The molecule has 1 aliphatic heterocycles. The number of thioether (sulfide) groups is 1. The van der Waals surface area contributed by atoms with Gasteiger partial charge in [0.05, 0.1) is 32.1 Å². The van der Waals surface area contributed by atoms with Gasteiger partial charge in [0.15, 0.2) is 0 Å². The molecule has 3 aromatic rings. The first-order chi connectivity index (χ1) is 14.2. The van der Waals surface area contributed by atoms with E-state index >= 15 is 0 Å². The second-order valence-electron chi connectivity index (χ2n) is 6.55. The minimum atomic E-state index is -0.608. The monoisotopic (exact) mass is 444 g/mol. The maximum Gasteiger partial charge on any atom is 0.328 e. The third kappa shape index (κ3) is 3.10. The molecule has 0 radical (unpaired) electrons. The summed E-state index contributed by atoms with van der Waals surface area (Å²) in [7, 11) is 3.07. The van der Waals surface area contributed by atoms with Gasteiger partial charge in [0.1, 0.15) is 0 Å². The Morgan fingerprint density at radius 2 is 1.73 bits per heavy atom. The summed E-state index contributed by atoms with van der Waals surface area (Å²) in [5.41, 5.74) is 0.664. The van der Waals surface area contributed by atoms with E-state index in [0.29, 0.717) is 33.5 Å². The van der Waals surface area contributed by atoms with Crippen LogP contribution in [0.15, 0.2) is 46.1 Å². The third-order valence-electron chi connectivity index (χ3n) is 4.76. The van der Waals surface area contributed by atoms with Crippen LogP contribution in [0, 0.1) is 10.1 Å². The van der Waals surface area contributed by atoms with Gasteiger partial charge in [-0.3, -0.25) is 28.8 Å². The minimum absolute atomic E-state index is 0.0309. The fraction of sp³-hybridized carbons (Fsp3) is 0.105. The summed E-state index contributed by atoms with van der Waals surface area (Å²) >= 11 is 6.62. The van der Waals surface area contributed by atoms with Gasteiger partial charge in [0, 0.05) is 25.2 Å². The van der Waals surface area contributed by atoms with E-state index in [2.05, 4.69) is 0 Å². The molecule has 0 bridgehead atoms. The summed E-state index contributed by atoms with van der Waals surface area (Å²) in [5.74, 6) is -0.608. The van der Waals surface area contributed by atoms with Crippen molar-refractivity contribution in [3.05, 3.63) is 72.5 Å². The van der Waals surface area contributed by atoms with Crippen LogP contribution in [0.2, 0.25) is 5.02 Å². The van der Waals surface area contributed by atoms with Crippen molar-refractivity contribution in [2.45, 2.75) is 0 Å². The molecule has 0 N–H and O–H groups in total. The zero-order valence-electron chi connectivity index (χ0n) is 15.7. The van der Waals surface area contributed by atoms with Crippen LogP contribution in [-0.2, 0) is 18.9 Å². The van der Waals surface area contributed by atoms with Crippen LogP contribution in [-0.4, -0.2) is 25.2 Å². The van der Waals surface area contributed by atoms with Gasteiger partial charge in [-0.2, -0.15) is 0 Å². The molecule has 11 heteroatoms. The van der Waals surface area contributed by atoms with Gasteiger partial charge < -0.3 is 0 Å². The van der Waals surface area contributed by atoms with Crippen molar-refractivity contribution in [1.82, 2.24) is 9.13 Å². The van der Waals surface area contributed by atoms with E-state index in [-0.39, 0.29) is 21.8 Å². The Morgan fingerprint density at radius 1 is 1.07 bits per heavy atom. The highest BCUT2D eigenvalue weighted by atomic mass is 35.5. The zero-order valence-corrected chi connectivity index (χ0v) is 17.2. The van der Waals surface area contributed by atoms with E-state index < -0.39 is 16.1 Å². The number of carbonyl (C=O) groups excluding carboxylic acids is 2. The van der Waals surface area contributed by atoms with Crippen molar-refractivity contribution in [2.75, 3.05) is 4.90 Å². The van der Waals surface area contributed by atoms with Gasteiger partial charge in [-0.1, -0.05) is 17.7 Å². The predicted molar refractivity (Wildman–Crippen MR) is 115 cm³/mol. The van der Waals surface area contributed by atoms with Gasteiger partial charge in [-0.25, -0.2) is 9.69 Å². The standard InChI is InChI=1S/C19H13ClN4O5S/c1-21-14-6-10(13(24(28)29)9-15(14)22(2)18(21)26)7-16-17(25)23(19(27)30-16)12-5-3-4-11(20)8-12/h3-9H,1-2H3/b16-7+. The van der Waals surface area contributed by atoms with E-state index in [1.807, 2.05) is 0 Å². The Balaban J connectivity index is 1.85. The van der Waals surface area contributed by atoms with Gasteiger partial charge in [-0.15, -0.1) is 0 Å². The van der Waals surface area contributed by atoms with Crippen molar-refractivity contribution in [3.63, 3.8) is 0 Å². The number of imide groups is 1. The van der Waals surface area contributed by atoms with Crippen molar-refractivity contribution >= 4 is 63.0 Å². The molecule has 2 amide bonds. The second-order valence-corrected chi connectivity index (χ2v) is 7.98. The Morgan fingerprint density at radius 3 is 2.37 bits per heavy atom. The number of halogens is 1. The van der Waals surface area contributed by atoms with Crippen LogP contribution in [0.5, 0.6) is 0 Å². The SMILES string of the molecule is Cn1c(=O)n(C)c2cc([N+](=O)[O-])c(/C=C3/SC(=O)N(c4cccc(Cl)c4)C3=O)cc21. The Hall–Kier alpha value is -3.37. The van der Waals surface area contributed by atoms with Gasteiger partial charge in [-0.05, 0) is 42.1 Å². The Labute approximate surface area is 178 Å². The molecular formula is C19H13ClN4O5S. The van der Waals surface area contributed by atoms with Crippen LogP contribution in [0.1, 0.15) is 5.56 Å². The highest BCUT2D eigenvalue weighted by molar-refractivity contribution is 8.19. The molecular weight excluding hydrogens is 432 g/mol. The Bertz CT molecular complexity index is 1360. The maximum atomic E-state index is 12.8. The van der Waals surface area contributed by atoms with Crippen molar-refractivity contribution in [1.29, 1.82) is 0 Å². The normalized spacial score (nSPS) is 15.6. The number of benzene rings is 2. The molecule has 0 aliphatic carbocycles.